The van der Waals surface area contributed by atoms with Crippen LogP contribution in [0, 0.1) is 20.8 Å². The van der Waals surface area contributed by atoms with Crippen LogP contribution in [0.3, 0.4) is 0 Å². The first-order chi connectivity index (χ1) is 7.16. The van der Waals surface area contributed by atoms with E-state index >= 15 is 0 Å². The fourth-order valence-electron chi connectivity index (χ4n) is 1.89. The number of aryl methyl sites for hydroxylation is 3. The van der Waals surface area contributed by atoms with Crippen LogP contribution in [0.25, 0.3) is 0 Å². The highest BCUT2D eigenvalue weighted by molar-refractivity contribution is 5.36. The van der Waals surface area contributed by atoms with Crippen LogP contribution in [0.5, 0.6) is 0 Å². The molecule has 0 amide bonds. The third-order valence-electron chi connectivity index (χ3n) is 2.79. The molecule has 0 saturated carbocycles. The van der Waals surface area contributed by atoms with Crippen molar-refractivity contribution in [2.75, 3.05) is 13.2 Å². The van der Waals surface area contributed by atoms with Gasteiger partial charge in [0.05, 0.1) is 19.8 Å². The van der Waals surface area contributed by atoms with E-state index in [4.69, 9.17) is 9.47 Å². The van der Waals surface area contributed by atoms with Crippen molar-refractivity contribution in [1.29, 1.82) is 0 Å². The van der Waals surface area contributed by atoms with E-state index in [2.05, 4.69) is 32.9 Å². The van der Waals surface area contributed by atoms with Gasteiger partial charge in [0.15, 0.2) is 0 Å². The molecule has 1 aromatic rings. The number of hydrogen-bond donors (Lipinski definition) is 0. The van der Waals surface area contributed by atoms with Gasteiger partial charge >= 0.3 is 0 Å². The van der Waals surface area contributed by atoms with Gasteiger partial charge in [0.1, 0.15) is 6.10 Å². The first-order valence-electron chi connectivity index (χ1n) is 5.43. The maximum atomic E-state index is 5.62. The summed E-state index contributed by atoms with van der Waals surface area (Å²) in [5, 5.41) is 0. The van der Waals surface area contributed by atoms with Gasteiger partial charge in [-0.05, 0) is 37.5 Å². The molecule has 1 atom stereocenters. The normalized spacial score (nSPS) is 19.3. The van der Waals surface area contributed by atoms with Crippen molar-refractivity contribution in [3.05, 3.63) is 34.4 Å². The van der Waals surface area contributed by atoms with E-state index in [0.29, 0.717) is 12.7 Å². The number of benzene rings is 1. The minimum atomic E-state index is 0.357. The molecule has 1 saturated heterocycles. The second-order valence-electron chi connectivity index (χ2n) is 4.35. The molecule has 2 nitrogen and oxygen atoms in total. The minimum Gasteiger partial charge on any atom is -0.374 e. The molecule has 0 aromatic heterocycles. The van der Waals surface area contributed by atoms with Crippen LogP contribution in [0.2, 0.25) is 0 Å². The highest BCUT2D eigenvalue weighted by Gasteiger charge is 2.22. The summed E-state index contributed by atoms with van der Waals surface area (Å²) in [6, 6.07) is 4.42. The number of rotatable bonds is 4. The molecule has 0 spiro atoms. The molecule has 0 bridgehead atoms. The molecule has 82 valence electrons. The van der Waals surface area contributed by atoms with Gasteiger partial charge in [-0.1, -0.05) is 17.7 Å². The van der Waals surface area contributed by atoms with Crippen LogP contribution in [0.1, 0.15) is 22.3 Å². The molecule has 2 rings (SSSR count). The van der Waals surface area contributed by atoms with Crippen molar-refractivity contribution in [2.24, 2.45) is 0 Å². The minimum absolute atomic E-state index is 0.357. The molecule has 1 aliphatic rings. The second kappa shape index (κ2) is 4.33. The summed E-state index contributed by atoms with van der Waals surface area (Å²) in [5.41, 5.74) is 5.29. The van der Waals surface area contributed by atoms with Gasteiger partial charge in [0, 0.05) is 0 Å². The van der Waals surface area contributed by atoms with E-state index in [1.54, 1.807) is 0 Å². The van der Waals surface area contributed by atoms with Crippen LogP contribution >= 0.6 is 0 Å². The molecule has 0 N–H and O–H groups in total. The second-order valence-corrected chi connectivity index (χ2v) is 4.35. The zero-order valence-electron chi connectivity index (χ0n) is 9.67. The Hall–Kier alpha value is -0.860. The first-order valence-corrected chi connectivity index (χ1v) is 5.43. The standard InChI is InChI=1S/C13H18O2/c1-9-4-10(2)13(11(3)5-9)8-14-6-12-7-15-12/h4-5,12H,6-8H2,1-3H3. The van der Waals surface area contributed by atoms with Crippen molar-refractivity contribution in [3.63, 3.8) is 0 Å². The molecule has 0 radical (unpaired) electrons. The average molecular weight is 206 g/mol. The Morgan fingerprint density at radius 1 is 1.27 bits per heavy atom. The topological polar surface area (TPSA) is 21.8 Å². The molecule has 1 heterocycles. The summed E-state index contributed by atoms with van der Waals surface area (Å²) >= 11 is 0. The fraction of sp³-hybridized carbons (Fsp3) is 0.538. The molecular weight excluding hydrogens is 188 g/mol. The van der Waals surface area contributed by atoms with E-state index in [1.165, 1.54) is 22.3 Å². The summed E-state index contributed by atoms with van der Waals surface area (Å²) in [7, 11) is 0. The lowest BCUT2D eigenvalue weighted by Crippen LogP contribution is -2.04. The summed E-state index contributed by atoms with van der Waals surface area (Å²) in [5.74, 6) is 0. The summed E-state index contributed by atoms with van der Waals surface area (Å²) in [6.07, 6.45) is 0.357. The zero-order chi connectivity index (χ0) is 10.8. The Balaban J connectivity index is 1.99. The highest BCUT2D eigenvalue weighted by Crippen LogP contribution is 2.18. The predicted octanol–water partition coefficient (Wildman–Crippen LogP) is 2.53. The SMILES string of the molecule is Cc1cc(C)c(COCC2CO2)c(C)c1. The molecule has 1 unspecified atom stereocenters. The van der Waals surface area contributed by atoms with Gasteiger partial charge in [0.25, 0.3) is 0 Å². The van der Waals surface area contributed by atoms with Crippen molar-refractivity contribution < 1.29 is 9.47 Å². The molecule has 0 aliphatic carbocycles. The first kappa shape index (κ1) is 10.7. The smallest absolute Gasteiger partial charge is 0.104 e. The van der Waals surface area contributed by atoms with Crippen molar-refractivity contribution in [1.82, 2.24) is 0 Å². The van der Waals surface area contributed by atoms with Gasteiger partial charge in [-0.2, -0.15) is 0 Å². The molecule has 15 heavy (non-hydrogen) atoms. The lowest BCUT2D eigenvalue weighted by atomic mass is 10.0. The Kier molecular flexibility index (Phi) is 3.08. The van der Waals surface area contributed by atoms with Gasteiger partial charge in [0.2, 0.25) is 0 Å². The summed E-state index contributed by atoms with van der Waals surface area (Å²) in [6.45, 7) is 8.72. The third kappa shape index (κ3) is 2.80. The Morgan fingerprint density at radius 3 is 2.40 bits per heavy atom. The van der Waals surface area contributed by atoms with E-state index in [-0.39, 0.29) is 0 Å². The average Bonchev–Trinajstić information content (AvgIpc) is 2.93. The monoisotopic (exact) mass is 206 g/mol. The maximum Gasteiger partial charge on any atom is 0.104 e. The molecule has 1 aliphatic heterocycles. The summed E-state index contributed by atoms with van der Waals surface area (Å²) < 4.78 is 10.7. The largest absolute Gasteiger partial charge is 0.374 e. The Labute approximate surface area is 91.2 Å². The highest BCUT2D eigenvalue weighted by atomic mass is 16.6. The van der Waals surface area contributed by atoms with Crippen molar-refractivity contribution in [2.45, 2.75) is 33.5 Å². The van der Waals surface area contributed by atoms with Crippen molar-refractivity contribution >= 4 is 0 Å². The van der Waals surface area contributed by atoms with Crippen LogP contribution in [-0.2, 0) is 16.1 Å². The number of hydrogen-bond acceptors (Lipinski definition) is 2. The maximum absolute atomic E-state index is 5.62. The zero-order valence-corrected chi connectivity index (χ0v) is 9.67. The number of ether oxygens (including phenoxy) is 2. The number of epoxide rings is 1. The van der Waals surface area contributed by atoms with E-state index in [1.807, 2.05) is 0 Å². The molecular formula is C13H18O2. The van der Waals surface area contributed by atoms with Crippen LogP contribution in [0.15, 0.2) is 12.1 Å². The molecule has 1 aromatic carbocycles. The fourth-order valence-corrected chi connectivity index (χ4v) is 1.89. The molecule has 1 fully saturated rings. The van der Waals surface area contributed by atoms with Crippen LogP contribution in [-0.4, -0.2) is 19.3 Å². The Bertz CT molecular complexity index is 331. The van der Waals surface area contributed by atoms with E-state index < -0.39 is 0 Å². The predicted molar refractivity (Wildman–Crippen MR) is 60.0 cm³/mol. The molecule has 2 heteroatoms. The van der Waals surface area contributed by atoms with E-state index in [9.17, 15) is 0 Å². The van der Waals surface area contributed by atoms with Gasteiger partial charge in [-0.15, -0.1) is 0 Å². The summed E-state index contributed by atoms with van der Waals surface area (Å²) in [4.78, 5) is 0. The van der Waals surface area contributed by atoms with Crippen LogP contribution in [0.4, 0.5) is 0 Å². The van der Waals surface area contributed by atoms with Gasteiger partial charge < -0.3 is 9.47 Å². The quantitative estimate of drug-likeness (QED) is 0.706. The van der Waals surface area contributed by atoms with Crippen LogP contribution < -0.4 is 0 Å². The third-order valence-corrected chi connectivity index (χ3v) is 2.79. The lowest BCUT2D eigenvalue weighted by Gasteiger charge is -2.11. The van der Waals surface area contributed by atoms with Gasteiger partial charge in [-0.3, -0.25) is 0 Å². The lowest BCUT2D eigenvalue weighted by molar-refractivity contribution is 0.103. The Morgan fingerprint density at radius 2 is 1.87 bits per heavy atom. The van der Waals surface area contributed by atoms with Gasteiger partial charge in [-0.25, -0.2) is 0 Å². The van der Waals surface area contributed by atoms with E-state index in [0.717, 1.165) is 13.2 Å². The van der Waals surface area contributed by atoms with Crippen molar-refractivity contribution in [3.8, 4) is 0 Å².